The molecular formula is C26H28N4O4. The summed E-state index contributed by atoms with van der Waals surface area (Å²) in [6.45, 7) is 2.65. The predicted molar refractivity (Wildman–Crippen MR) is 131 cm³/mol. The number of β-amino-alcohol motifs (C(OH)–C–C–N with tert-alkyl or cyclic N) is 1. The molecule has 0 spiro atoms. The number of carbonyl (C=O) groups excluding carboxylic acids is 3. The van der Waals surface area contributed by atoms with E-state index in [1.54, 1.807) is 35.2 Å². The van der Waals surface area contributed by atoms with Gasteiger partial charge in [0.05, 0.1) is 6.10 Å². The zero-order valence-corrected chi connectivity index (χ0v) is 19.1. The van der Waals surface area contributed by atoms with Crippen molar-refractivity contribution in [1.82, 2.24) is 4.90 Å². The summed E-state index contributed by atoms with van der Waals surface area (Å²) in [4.78, 5) is 41.2. The third kappa shape index (κ3) is 5.05. The summed E-state index contributed by atoms with van der Waals surface area (Å²) in [7, 11) is 0. The molecule has 8 nitrogen and oxygen atoms in total. The van der Waals surface area contributed by atoms with Crippen LogP contribution < -0.4 is 15.5 Å². The number of nitrogens with zero attached hydrogens (tertiary/aromatic N) is 2. The average molecular weight is 461 g/mol. The highest BCUT2D eigenvalue weighted by Crippen LogP contribution is 2.28. The number of piperidine rings is 1. The van der Waals surface area contributed by atoms with E-state index in [1.165, 1.54) is 4.90 Å². The molecular weight excluding hydrogens is 432 g/mol. The molecule has 2 atom stereocenters. The number of terminal acetylenes is 1. The first kappa shape index (κ1) is 23.3. The van der Waals surface area contributed by atoms with Crippen LogP contribution in [0.4, 0.5) is 21.9 Å². The van der Waals surface area contributed by atoms with E-state index >= 15 is 0 Å². The van der Waals surface area contributed by atoms with Crippen LogP contribution in [0.3, 0.4) is 0 Å². The standard InChI is InChI=1S/C26H28N4O4/c1-3-18-7-9-19(10-8-18)28-26(34)30-16-21(31)15-23(30)25(33)27-20-11-12-22(17(2)14-20)29-13-5-4-6-24(29)32/h1,7-12,14,21,23,31H,4-6,13,15-16H2,2H3,(H,27,33)(H,28,34)/t21-,23-/m1/s1. The quantitative estimate of drug-likeness (QED) is 0.610. The second-order valence-electron chi connectivity index (χ2n) is 8.70. The highest BCUT2D eigenvalue weighted by atomic mass is 16.3. The normalized spacial score (nSPS) is 20.1. The van der Waals surface area contributed by atoms with Crippen LogP contribution in [-0.4, -0.2) is 53.1 Å². The molecule has 2 aliphatic rings. The maximum Gasteiger partial charge on any atom is 0.322 e. The molecule has 2 heterocycles. The SMILES string of the molecule is C#Cc1ccc(NC(=O)N2C[C@H](O)C[C@@H]2C(=O)Nc2ccc(N3CCCCC3=O)c(C)c2)cc1. The van der Waals surface area contributed by atoms with Gasteiger partial charge in [-0.15, -0.1) is 6.42 Å². The van der Waals surface area contributed by atoms with Crippen molar-refractivity contribution in [2.75, 3.05) is 28.6 Å². The number of nitrogens with one attached hydrogen (secondary N) is 2. The lowest BCUT2D eigenvalue weighted by Gasteiger charge is -2.28. The summed E-state index contributed by atoms with van der Waals surface area (Å²) in [6, 6.07) is 10.9. The molecule has 0 saturated carbocycles. The number of aliphatic hydroxyl groups is 1. The minimum Gasteiger partial charge on any atom is -0.391 e. The van der Waals surface area contributed by atoms with Crippen molar-refractivity contribution in [3.63, 3.8) is 0 Å². The van der Waals surface area contributed by atoms with Gasteiger partial charge in [-0.1, -0.05) is 5.92 Å². The first-order chi connectivity index (χ1) is 16.4. The second kappa shape index (κ2) is 9.98. The van der Waals surface area contributed by atoms with E-state index in [9.17, 15) is 19.5 Å². The van der Waals surface area contributed by atoms with Crippen molar-refractivity contribution in [2.45, 2.75) is 44.8 Å². The Hall–Kier alpha value is -3.83. The first-order valence-corrected chi connectivity index (χ1v) is 11.4. The van der Waals surface area contributed by atoms with Gasteiger partial charge in [0.2, 0.25) is 11.8 Å². The van der Waals surface area contributed by atoms with Gasteiger partial charge in [-0.2, -0.15) is 0 Å². The first-order valence-electron chi connectivity index (χ1n) is 11.4. The Morgan fingerprint density at radius 2 is 1.82 bits per heavy atom. The Bertz CT molecular complexity index is 1140. The Kier molecular flexibility index (Phi) is 6.85. The van der Waals surface area contributed by atoms with Crippen LogP contribution in [0.1, 0.15) is 36.8 Å². The summed E-state index contributed by atoms with van der Waals surface area (Å²) in [6.07, 6.45) is 7.15. The van der Waals surface area contributed by atoms with Gasteiger partial charge >= 0.3 is 6.03 Å². The maximum absolute atomic E-state index is 13.0. The van der Waals surface area contributed by atoms with Crippen molar-refractivity contribution in [3.05, 3.63) is 53.6 Å². The van der Waals surface area contributed by atoms with Crippen LogP contribution in [0.2, 0.25) is 0 Å². The van der Waals surface area contributed by atoms with Gasteiger partial charge in [-0.05, 0) is 67.8 Å². The van der Waals surface area contributed by atoms with Crippen molar-refractivity contribution >= 4 is 34.9 Å². The van der Waals surface area contributed by atoms with E-state index in [1.807, 2.05) is 19.1 Å². The maximum atomic E-state index is 13.0. The largest absolute Gasteiger partial charge is 0.391 e. The molecule has 0 unspecified atom stereocenters. The number of hydrogen-bond donors (Lipinski definition) is 3. The summed E-state index contributed by atoms with van der Waals surface area (Å²) in [5, 5.41) is 15.8. The Morgan fingerprint density at radius 1 is 1.09 bits per heavy atom. The third-order valence-electron chi connectivity index (χ3n) is 6.22. The van der Waals surface area contributed by atoms with E-state index < -0.39 is 18.2 Å². The Morgan fingerprint density at radius 3 is 2.50 bits per heavy atom. The van der Waals surface area contributed by atoms with Crippen LogP contribution in [0.5, 0.6) is 0 Å². The number of rotatable bonds is 4. The van der Waals surface area contributed by atoms with Crippen molar-refractivity contribution in [3.8, 4) is 12.3 Å². The van der Waals surface area contributed by atoms with Gasteiger partial charge in [-0.25, -0.2) is 4.79 Å². The lowest BCUT2D eigenvalue weighted by molar-refractivity contribution is -0.120. The molecule has 2 fully saturated rings. The van der Waals surface area contributed by atoms with Crippen LogP contribution in [0.15, 0.2) is 42.5 Å². The zero-order chi connectivity index (χ0) is 24.2. The fourth-order valence-corrected chi connectivity index (χ4v) is 4.45. The molecule has 34 heavy (non-hydrogen) atoms. The molecule has 0 aliphatic carbocycles. The number of aliphatic hydroxyl groups excluding tert-OH is 1. The molecule has 176 valence electrons. The predicted octanol–water partition coefficient (Wildman–Crippen LogP) is 3.10. The fourth-order valence-electron chi connectivity index (χ4n) is 4.45. The summed E-state index contributed by atoms with van der Waals surface area (Å²) < 4.78 is 0. The van der Waals surface area contributed by atoms with Gasteiger partial charge in [-0.3, -0.25) is 9.59 Å². The summed E-state index contributed by atoms with van der Waals surface area (Å²) in [5.41, 5.74) is 3.53. The van der Waals surface area contributed by atoms with E-state index in [0.29, 0.717) is 29.9 Å². The molecule has 2 saturated heterocycles. The molecule has 0 aromatic heterocycles. The molecule has 0 bridgehead atoms. The fraction of sp³-hybridized carbons (Fsp3) is 0.346. The molecule has 2 aliphatic heterocycles. The van der Waals surface area contributed by atoms with E-state index in [2.05, 4.69) is 16.6 Å². The van der Waals surface area contributed by atoms with Crippen molar-refractivity contribution in [2.24, 2.45) is 0 Å². The minimum absolute atomic E-state index is 0.0569. The van der Waals surface area contributed by atoms with Crippen LogP contribution in [0.25, 0.3) is 0 Å². The number of likely N-dealkylation sites (tertiary alicyclic amines) is 1. The monoisotopic (exact) mass is 460 g/mol. The third-order valence-corrected chi connectivity index (χ3v) is 6.22. The van der Waals surface area contributed by atoms with Gasteiger partial charge < -0.3 is 25.5 Å². The molecule has 3 N–H and O–H groups in total. The zero-order valence-electron chi connectivity index (χ0n) is 19.1. The molecule has 4 rings (SSSR count). The summed E-state index contributed by atoms with van der Waals surface area (Å²) >= 11 is 0. The van der Waals surface area contributed by atoms with Crippen molar-refractivity contribution < 1.29 is 19.5 Å². The van der Waals surface area contributed by atoms with Gasteiger partial charge in [0, 0.05) is 48.6 Å². The second-order valence-corrected chi connectivity index (χ2v) is 8.70. The van der Waals surface area contributed by atoms with Crippen LogP contribution in [0, 0.1) is 19.3 Å². The smallest absolute Gasteiger partial charge is 0.322 e. The van der Waals surface area contributed by atoms with E-state index in [-0.39, 0.29) is 24.8 Å². The highest BCUT2D eigenvalue weighted by Gasteiger charge is 2.39. The minimum atomic E-state index is -0.816. The molecule has 0 radical (unpaired) electrons. The summed E-state index contributed by atoms with van der Waals surface area (Å²) in [5.74, 6) is 2.25. The number of carbonyl (C=O) groups is 3. The van der Waals surface area contributed by atoms with Gasteiger partial charge in [0.15, 0.2) is 0 Å². The number of hydrogen-bond acceptors (Lipinski definition) is 4. The molecule has 4 amide bonds. The Balaban J connectivity index is 1.43. The topological polar surface area (TPSA) is 102 Å². The molecule has 2 aromatic rings. The van der Waals surface area contributed by atoms with Gasteiger partial charge in [0.1, 0.15) is 6.04 Å². The van der Waals surface area contributed by atoms with E-state index in [0.717, 1.165) is 24.1 Å². The lowest BCUT2D eigenvalue weighted by atomic mass is 10.1. The van der Waals surface area contributed by atoms with Crippen molar-refractivity contribution in [1.29, 1.82) is 0 Å². The lowest BCUT2D eigenvalue weighted by Crippen LogP contribution is -2.45. The van der Waals surface area contributed by atoms with Gasteiger partial charge in [0.25, 0.3) is 0 Å². The number of urea groups is 1. The van der Waals surface area contributed by atoms with Crippen LogP contribution in [-0.2, 0) is 9.59 Å². The van der Waals surface area contributed by atoms with Crippen LogP contribution >= 0.6 is 0 Å². The number of aryl methyl sites for hydroxylation is 1. The highest BCUT2D eigenvalue weighted by molar-refractivity contribution is 6.00. The number of amides is 4. The number of anilines is 3. The molecule has 2 aromatic carbocycles. The molecule has 8 heteroatoms. The van der Waals surface area contributed by atoms with E-state index in [4.69, 9.17) is 6.42 Å². The number of benzene rings is 2. The Labute approximate surface area is 198 Å². The average Bonchev–Trinajstić information content (AvgIpc) is 3.22.